The van der Waals surface area contributed by atoms with Crippen molar-refractivity contribution in [3.63, 3.8) is 0 Å². The van der Waals surface area contributed by atoms with E-state index in [0.717, 1.165) is 0 Å². The summed E-state index contributed by atoms with van der Waals surface area (Å²) in [4.78, 5) is 14.7. The molecule has 0 aromatic carbocycles. The SMILES string of the molecule is CNC(=O)C(C)/C=C\N=COC. The van der Waals surface area contributed by atoms with Crippen molar-refractivity contribution in [3.8, 4) is 0 Å². The van der Waals surface area contributed by atoms with Gasteiger partial charge in [0.1, 0.15) is 0 Å². The van der Waals surface area contributed by atoms with Crippen molar-refractivity contribution >= 4 is 12.3 Å². The normalized spacial score (nSPS) is 13.6. The Labute approximate surface area is 72.3 Å². The van der Waals surface area contributed by atoms with Gasteiger partial charge in [-0.3, -0.25) is 4.79 Å². The summed E-state index contributed by atoms with van der Waals surface area (Å²) in [7, 11) is 3.12. The fourth-order valence-electron chi connectivity index (χ4n) is 0.590. The van der Waals surface area contributed by atoms with Crippen LogP contribution >= 0.6 is 0 Å². The molecule has 1 amide bonds. The van der Waals surface area contributed by atoms with E-state index in [1.807, 2.05) is 0 Å². The standard InChI is InChI=1S/C8H14N2O2/c1-7(8(11)9-2)4-5-10-6-12-3/h4-7H,1-3H3,(H,9,11)/b5-4-,10-6?. The Kier molecular flexibility index (Phi) is 5.69. The van der Waals surface area contributed by atoms with E-state index in [2.05, 4.69) is 15.0 Å². The highest BCUT2D eigenvalue weighted by Gasteiger charge is 2.04. The fraction of sp³-hybridized carbons (Fsp3) is 0.500. The predicted octanol–water partition coefficient (Wildman–Crippen LogP) is 0.557. The maximum atomic E-state index is 10.9. The van der Waals surface area contributed by atoms with Crippen molar-refractivity contribution < 1.29 is 9.53 Å². The van der Waals surface area contributed by atoms with E-state index in [-0.39, 0.29) is 11.8 Å². The predicted molar refractivity (Wildman–Crippen MR) is 47.9 cm³/mol. The van der Waals surface area contributed by atoms with E-state index >= 15 is 0 Å². The molecule has 0 saturated heterocycles. The molecule has 0 rings (SSSR count). The van der Waals surface area contributed by atoms with Gasteiger partial charge in [-0.2, -0.15) is 0 Å². The molecule has 0 heterocycles. The van der Waals surface area contributed by atoms with Gasteiger partial charge in [0.2, 0.25) is 5.91 Å². The summed E-state index contributed by atoms with van der Waals surface area (Å²) in [6, 6.07) is 0. The third kappa shape index (κ3) is 4.49. The summed E-state index contributed by atoms with van der Waals surface area (Å²) in [6.45, 7) is 1.79. The number of amides is 1. The molecule has 0 radical (unpaired) electrons. The van der Waals surface area contributed by atoms with Crippen LogP contribution in [0.4, 0.5) is 0 Å². The van der Waals surface area contributed by atoms with E-state index in [0.29, 0.717) is 0 Å². The van der Waals surface area contributed by atoms with Gasteiger partial charge in [0.25, 0.3) is 0 Å². The number of carbonyl (C=O) groups is 1. The summed E-state index contributed by atoms with van der Waals surface area (Å²) < 4.78 is 4.57. The number of carbonyl (C=O) groups excluding carboxylic acids is 1. The van der Waals surface area contributed by atoms with Gasteiger partial charge in [-0.1, -0.05) is 13.0 Å². The fourth-order valence-corrected chi connectivity index (χ4v) is 0.590. The average Bonchev–Trinajstić information content (AvgIpc) is 2.10. The van der Waals surface area contributed by atoms with Crippen molar-refractivity contribution in [2.75, 3.05) is 14.2 Å². The van der Waals surface area contributed by atoms with Crippen LogP contribution in [-0.2, 0) is 9.53 Å². The van der Waals surface area contributed by atoms with Crippen molar-refractivity contribution in [2.45, 2.75) is 6.92 Å². The van der Waals surface area contributed by atoms with Crippen LogP contribution in [0.3, 0.4) is 0 Å². The minimum Gasteiger partial charge on any atom is -0.486 e. The first kappa shape index (κ1) is 10.7. The molecule has 1 atom stereocenters. The number of nitrogens with zero attached hydrogens (tertiary/aromatic N) is 1. The number of aliphatic imine (C=N–C) groups is 1. The van der Waals surface area contributed by atoms with Crippen molar-refractivity contribution in [3.05, 3.63) is 12.3 Å². The smallest absolute Gasteiger partial charge is 0.226 e. The van der Waals surface area contributed by atoms with Gasteiger partial charge in [-0.25, -0.2) is 4.99 Å². The van der Waals surface area contributed by atoms with E-state index < -0.39 is 0 Å². The summed E-state index contributed by atoms with van der Waals surface area (Å²) in [6.07, 6.45) is 4.52. The molecule has 1 N–H and O–H groups in total. The Morgan fingerprint density at radius 2 is 2.33 bits per heavy atom. The molecule has 0 fully saturated rings. The zero-order valence-electron chi connectivity index (χ0n) is 7.57. The second-order valence-corrected chi connectivity index (χ2v) is 2.23. The zero-order chi connectivity index (χ0) is 9.40. The first-order valence-electron chi connectivity index (χ1n) is 3.65. The highest BCUT2D eigenvalue weighted by molar-refractivity contribution is 5.79. The van der Waals surface area contributed by atoms with E-state index in [1.165, 1.54) is 19.7 Å². The number of hydrogen-bond donors (Lipinski definition) is 1. The lowest BCUT2D eigenvalue weighted by molar-refractivity contribution is -0.122. The summed E-state index contributed by atoms with van der Waals surface area (Å²) >= 11 is 0. The molecule has 0 saturated carbocycles. The summed E-state index contributed by atoms with van der Waals surface area (Å²) in [5.74, 6) is -0.192. The molecule has 0 aliphatic rings. The average molecular weight is 170 g/mol. The molecular weight excluding hydrogens is 156 g/mol. The van der Waals surface area contributed by atoms with Crippen LogP contribution in [0.15, 0.2) is 17.3 Å². The molecule has 68 valence electrons. The zero-order valence-corrected chi connectivity index (χ0v) is 7.57. The largest absolute Gasteiger partial charge is 0.486 e. The monoisotopic (exact) mass is 170 g/mol. The maximum absolute atomic E-state index is 10.9. The van der Waals surface area contributed by atoms with Crippen LogP contribution in [-0.4, -0.2) is 26.5 Å². The third-order valence-corrected chi connectivity index (χ3v) is 1.29. The van der Waals surface area contributed by atoms with Gasteiger partial charge < -0.3 is 10.1 Å². The van der Waals surface area contributed by atoms with E-state index in [9.17, 15) is 4.79 Å². The number of hydrogen-bond acceptors (Lipinski definition) is 3. The highest BCUT2D eigenvalue weighted by atomic mass is 16.5. The highest BCUT2D eigenvalue weighted by Crippen LogP contribution is 1.95. The lowest BCUT2D eigenvalue weighted by atomic mass is 10.2. The molecule has 4 heteroatoms. The van der Waals surface area contributed by atoms with Gasteiger partial charge in [0.05, 0.1) is 13.0 Å². The molecule has 12 heavy (non-hydrogen) atoms. The van der Waals surface area contributed by atoms with E-state index in [1.54, 1.807) is 20.0 Å². The van der Waals surface area contributed by atoms with Crippen molar-refractivity contribution in [1.29, 1.82) is 0 Å². The van der Waals surface area contributed by atoms with Gasteiger partial charge >= 0.3 is 0 Å². The Balaban J connectivity index is 3.82. The van der Waals surface area contributed by atoms with Crippen LogP contribution < -0.4 is 5.32 Å². The number of nitrogens with one attached hydrogen (secondary N) is 1. The van der Waals surface area contributed by atoms with Gasteiger partial charge in [0, 0.05) is 13.2 Å². The molecule has 0 bridgehead atoms. The maximum Gasteiger partial charge on any atom is 0.226 e. The van der Waals surface area contributed by atoms with Crippen LogP contribution in [0.1, 0.15) is 6.92 Å². The lowest BCUT2D eigenvalue weighted by Crippen LogP contribution is -2.23. The minimum atomic E-state index is -0.163. The van der Waals surface area contributed by atoms with Gasteiger partial charge in [-0.05, 0) is 0 Å². The summed E-state index contributed by atoms with van der Waals surface area (Å²) in [5.41, 5.74) is 0. The van der Waals surface area contributed by atoms with Crippen molar-refractivity contribution in [2.24, 2.45) is 10.9 Å². The second kappa shape index (κ2) is 6.39. The molecule has 4 nitrogen and oxygen atoms in total. The van der Waals surface area contributed by atoms with Gasteiger partial charge in [0.15, 0.2) is 6.40 Å². The Morgan fingerprint density at radius 1 is 1.67 bits per heavy atom. The molecule has 0 aromatic heterocycles. The topological polar surface area (TPSA) is 50.7 Å². The number of ether oxygens (including phenoxy) is 1. The first-order valence-corrected chi connectivity index (χ1v) is 3.65. The molecule has 0 aliphatic heterocycles. The summed E-state index contributed by atoms with van der Waals surface area (Å²) in [5, 5.41) is 2.53. The number of rotatable bonds is 4. The third-order valence-electron chi connectivity index (χ3n) is 1.29. The van der Waals surface area contributed by atoms with Gasteiger partial charge in [-0.15, -0.1) is 0 Å². The van der Waals surface area contributed by atoms with Crippen LogP contribution in [0.2, 0.25) is 0 Å². The molecule has 1 unspecified atom stereocenters. The quantitative estimate of drug-likeness (QED) is 0.495. The molecule has 0 spiro atoms. The minimum absolute atomic E-state index is 0.0288. The molecular formula is C8H14N2O2. The first-order chi connectivity index (χ1) is 5.72. The Hall–Kier alpha value is -1.32. The van der Waals surface area contributed by atoms with E-state index in [4.69, 9.17) is 0 Å². The van der Waals surface area contributed by atoms with Crippen LogP contribution in [0, 0.1) is 5.92 Å². The Morgan fingerprint density at radius 3 is 2.83 bits per heavy atom. The lowest BCUT2D eigenvalue weighted by Gasteiger charge is -2.01. The Bertz CT molecular complexity index is 187. The molecule has 0 aliphatic carbocycles. The number of methoxy groups -OCH3 is 1. The molecule has 0 aromatic rings. The van der Waals surface area contributed by atoms with Crippen molar-refractivity contribution in [1.82, 2.24) is 5.32 Å². The second-order valence-electron chi connectivity index (χ2n) is 2.23. The van der Waals surface area contributed by atoms with Crippen LogP contribution in [0.25, 0.3) is 0 Å². The van der Waals surface area contributed by atoms with Crippen LogP contribution in [0.5, 0.6) is 0 Å².